The van der Waals surface area contributed by atoms with Gasteiger partial charge in [-0.1, -0.05) is 39.0 Å². The van der Waals surface area contributed by atoms with Gasteiger partial charge in [0.25, 0.3) is 0 Å². The van der Waals surface area contributed by atoms with E-state index < -0.39 is 10.2 Å². The summed E-state index contributed by atoms with van der Waals surface area (Å²) >= 11 is 0. The number of nitriles is 1. The highest BCUT2D eigenvalue weighted by Gasteiger charge is 2.41. The quantitative estimate of drug-likeness (QED) is 0.828. The Balaban J connectivity index is 2.13. The van der Waals surface area contributed by atoms with Gasteiger partial charge < -0.3 is 0 Å². The predicted octanol–water partition coefficient (Wildman–Crippen LogP) is 3.17. The standard InChI is InChI=1S/C18H20N4O2S/c1-18(2,3)12-22-16-10-9-15(14-8-6-5-7-13(14)11-19)20-17(16)21(4)25(22,23)24/h5-10H,12H2,1-4H3. The topological polar surface area (TPSA) is 77.3 Å². The van der Waals surface area contributed by atoms with E-state index in [1.54, 1.807) is 24.3 Å². The zero-order valence-electron chi connectivity index (χ0n) is 14.7. The number of aromatic nitrogens is 1. The summed E-state index contributed by atoms with van der Waals surface area (Å²) in [5, 5.41) is 9.29. The first-order valence-electron chi connectivity index (χ1n) is 7.92. The number of fused-ring (bicyclic) bond motifs is 1. The molecule has 25 heavy (non-hydrogen) atoms. The van der Waals surface area contributed by atoms with Crippen molar-refractivity contribution in [2.24, 2.45) is 5.41 Å². The minimum Gasteiger partial charge on any atom is -0.249 e. The lowest BCUT2D eigenvalue weighted by Gasteiger charge is -2.27. The van der Waals surface area contributed by atoms with E-state index in [0.717, 1.165) is 0 Å². The highest BCUT2D eigenvalue weighted by Crippen LogP contribution is 2.41. The van der Waals surface area contributed by atoms with Crippen LogP contribution in [0.1, 0.15) is 26.3 Å². The smallest absolute Gasteiger partial charge is 0.249 e. The van der Waals surface area contributed by atoms with Gasteiger partial charge in [0.15, 0.2) is 5.82 Å². The van der Waals surface area contributed by atoms with Crippen molar-refractivity contribution in [2.75, 3.05) is 22.2 Å². The van der Waals surface area contributed by atoms with Gasteiger partial charge in [0.2, 0.25) is 0 Å². The van der Waals surface area contributed by atoms with Crippen LogP contribution in [0.4, 0.5) is 11.5 Å². The summed E-state index contributed by atoms with van der Waals surface area (Å²) in [6.45, 7) is 6.34. The molecule has 6 nitrogen and oxygen atoms in total. The third-order valence-corrected chi connectivity index (χ3v) is 5.74. The van der Waals surface area contributed by atoms with Crippen LogP contribution in [-0.4, -0.2) is 27.0 Å². The first-order chi connectivity index (χ1) is 11.6. The van der Waals surface area contributed by atoms with E-state index in [4.69, 9.17) is 0 Å². The van der Waals surface area contributed by atoms with Crippen LogP contribution in [0.2, 0.25) is 0 Å². The van der Waals surface area contributed by atoms with Gasteiger partial charge in [-0.3, -0.25) is 0 Å². The average Bonchev–Trinajstić information content (AvgIpc) is 2.74. The van der Waals surface area contributed by atoms with Crippen molar-refractivity contribution in [1.29, 1.82) is 5.26 Å². The molecule has 0 atom stereocenters. The number of pyridine rings is 1. The monoisotopic (exact) mass is 356 g/mol. The Kier molecular flexibility index (Phi) is 3.96. The first kappa shape index (κ1) is 17.2. The van der Waals surface area contributed by atoms with Crippen LogP contribution in [0.5, 0.6) is 0 Å². The third-order valence-electron chi connectivity index (χ3n) is 3.99. The lowest BCUT2D eigenvalue weighted by molar-refractivity contribution is 0.427. The summed E-state index contributed by atoms with van der Waals surface area (Å²) in [4.78, 5) is 4.54. The van der Waals surface area contributed by atoms with E-state index in [-0.39, 0.29) is 5.41 Å². The van der Waals surface area contributed by atoms with Crippen molar-refractivity contribution in [1.82, 2.24) is 4.98 Å². The number of rotatable bonds is 2. The van der Waals surface area contributed by atoms with Crippen molar-refractivity contribution in [3.8, 4) is 17.3 Å². The van der Waals surface area contributed by atoms with Crippen LogP contribution in [0.15, 0.2) is 36.4 Å². The molecule has 0 saturated carbocycles. The van der Waals surface area contributed by atoms with Crippen LogP contribution < -0.4 is 8.61 Å². The van der Waals surface area contributed by atoms with Crippen molar-refractivity contribution in [3.63, 3.8) is 0 Å². The molecule has 0 spiro atoms. The van der Waals surface area contributed by atoms with Gasteiger partial charge in [-0.05, 0) is 23.6 Å². The van der Waals surface area contributed by atoms with Crippen LogP contribution in [0, 0.1) is 16.7 Å². The molecular weight excluding hydrogens is 336 g/mol. The second-order valence-corrected chi connectivity index (χ2v) is 9.12. The Labute approximate surface area is 148 Å². The second-order valence-electron chi connectivity index (χ2n) is 7.24. The number of anilines is 2. The predicted molar refractivity (Wildman–Crippen MR) is 98.5 cm³/mol. The van der Waals surface area contributed by atoms with E-state index >= 15 is 0 Å². The zero-order chi connectivity index (χ0) is 18.4. The molecule has 3 rings (SSSR count). The van der Waals surface area contributed by atoms with Gasteiger partial charge in [-0.25, -0.2) is 13.6 Å². The van der Waals surface area contributed by atoms with Crippen molar-refractivity contribution in [2.45, 2.75) is 20.8 Å². The second kappa shape index (κ2) is 5.74. The molecule has 2 aromatic rings. The van der Waals surface area contributed by atoms with Crippen LogP contribution in [-0.2, 0) is 10.2 Å². The molecule has 0 N–H and O–H groups in total. The number of hydrogen-bond donors (Lipinski definition) is 0. The SMILES string of the molecule is CN1c2nc(-c3ccccc3C#N)ccc2N(CC(C)(C)C)S1(=O)=O. The zero-order valence-corrected chi connectivity index (χ0v) is 15.5. The van der Waals surface area contributed by atoms with E-state index in [9.17, 15) is 13.7 Å². The summed E-state index contributed by atoms with van der Waals surface area (Å²) in [6.07, 6.45) is 0. The summed E-state index contributed by atoms with van der Waals surface area (Å²) in [6, 6.07) is 12.8. The lowest BCUT2D eigenvalue weighted by atomic mass is 9.97. The van der Waals surface area contributed by atoms with Gasteiger partial charge >= 0.3 is 10.2 Å². The van der Waals surface area contributed by atoms with Crippen molar-refractivity contribution in [3.05, 3.63) is 42.0 Å². The number of nitrogens with zero attached hydrogens (tertiary/aromatic N) is 4. The van der Waals surface area contributed by atoms with Gasteiger partial charge in [0.05, 0.1) is 23.0 Å². The van der Waals surface area contributed by atoms with E-state index in [1.807, 2.05) is 32.9 Å². The van der Waals surface area contributed by atoms with Gasteiger partial charge in [0, 0.05) is 19.2 Å². The molecule has 0 saturated heterocycles. The molecule has 0 radical (unpaired) electrons. The van der Waals surface area contributed by atoms with Crippen LogP contribution >= 0.6 is 0 Å². The minimum absolute atomic E-state index is 0.193. The fourth-order valence-corrected chi connectivity index (χ4v) is 4.39. The number of benzene rings is 1. The average molecular weight is 356 g/mol. The maximum atomic E-state index is 12.8. The largest absolute Gasteiger partial charge is 0.327 e. The molecule has 1 aromatic carbocycles. The molecule has 2 heterocycles. The molecule has 0 unspecified atom stereocenters. The Morgan fingerprint density at radius 1 is 1.16 bits per heavy atom. The summed E-state index contributed by atoms with van der Waals surface area (Å²) in [5.74, 6) is 0.384. The van der Waals surface area contributed by atoms with Crippen LogP contribution in [0.3, 0.4) is 0 Å². The van der Waals surface area contributed by atoms with Gasteiger partial charge in [-0.15, -0.1) is 0 Å². The molecule has 0 amide bonds. The van der Waals surface area contributed by atoms with Gasteiger partial charge in [0.1, 0.15) is 0 Å². The van der Waals surface area contributed by atoms with Crippen LogP contribution in [0.25, 0.3) is 11.3 Å². The van der Waals surface area contributed by atoms with Gasteiger partial charge in [-0.2, -0.15) is 13.7 Å². The van der Waals surface area contributed by atoms with E-state index in [1.165, 1.54) is 15.7 Å². The molecule has 1 aliphatic rings. The molecule has 0 bridgehead atoms. The highest BCUT2D eigenvalue weighted by molar-refractivity contribution is 7.94. The highest BCUT2D eigenvalue weighted by atomic mass is 32.2. The summed E-state index contributed by atoms with van der Waals surface area (Å²) in [7, 11) is -2.13. The normalized spacial score (nSPS) is 15.8. The Morgan fingerprint density at radius 3 is 2.48 bits per heavy atom. The van der Waals surface area contributed by atoms with Crippen molar-refractivity contribution < 1.29 is 8.42 Å². The Hall–Kier alpha value is -2.59. The minimum atomic E-state index is -3.63. The van der Waals surface area contributed by atoms with Crippen molar-refractivity contribution >= 4 is 21.7 Å². The molecule has 7 heteroatoms. The van der Waals surface area contributed by atoms with E-state index in [0.29, 0.717) is 34.9 Å². The number of hydrogen-bond acceptors (Lipinski definition) is 4. The maximum Gasteiger partial charge on any atom is 0.327 e. The molecule has 1 aromatic heterocycles. The summed E-state index contributed by atoms with van der Waals surface area (Å²) < 4.78 is 28.1. The molecule has 1 aliphatic heterocycles. The fraction of sp³-hybridized carbons (Fsp3) is 0.333. The lowest BCUT2D eigenvalue weighted by Crippen LogP contribution is -2.40. The Morgan fingerprint density at radius 2 is 1.84 bits per heavy atom. The summed E-state index contributed by atoms with van der Waals surface area (Å²) in [5.41, 5.74) is 2.14. The first-order valence-corrected chi connectivity index (χ1v) is 9.32. The molecular formula is C18H20N4O2S. The molecule has 0 fully saturated rings. The maximum absolute atomic E-state index is 12.8. The fourth-order valence-electron chi connectivity index (χ4n) is 2.80. The Bertz CT molecular complexity index is 971. The molecule has 0 aliphatic carbocycles. The molecule has 130 valence electrons. The third kappa shape index (κ3) is 2.94. The van der Waals surface area contributed by atoms with E-state index in [2.05, 4.69) is 11.1 Å².